The molecule has 1 heterocycles. The second kappa shape index (κ2) is 11.7. The first-order valence-electron chi connectivity index (χ1n) is 13.6. The van der Waals surface area contributed by atoms with Crippen LogP contribution in [0.2, 0.25) is 0 Å². The van der Waals surface area contributed by atoms with Crippen LogP contribution in [0.15, 0.2) is 102 Å². The van der Waals surface area contributed by atoms with Crippen molar-refractivity contribution in [2.75, 3.05) is 6.54 Å². The molecule has 40 heavy (non-hydrogen) atoms. The first-order valence-corrected chi connectivity index (χ1v) is 13.6. The molecule has 0 bridgehead atoms. The van der Waals surface area contributed by atoms with E-state index < -0.39 is 11.9 Å². The summed E-state index contributed by atoms with van der Waals surface area (Å²) in [6.07, 6.45) is 0.976. The van der Waals surface area contributed by atoms with Crippen molar-refractivity contribution < 1.29 is 9.18 Å². The van der Waals surface area contributed by atoms with Crippen LogP contribution in [0.4, 0.5) is 4.39 Å². The molecule has 0 aliphatic carbocycles. The Morgan fingerprint density at radius 3 is 2.25 bits per heavy atom. The molecule has 0 saturated heterocycles. The Hall–Kier alpha value is -4.58. The monoisotopic (exact) mass is 533 g/mol. The van der Waals surface area contributed by atoms with Gasteiger partial charge in [-0.2, -0.15) is 0 Å². The van der Waals surface area contributed by atoms with E-state index in [9.17, 15) is 14.0 Å². The van der Waals surface area contributed by atoms with Gasteiger partial charge in [-0.05, 0) is 72.9 Å². The molecule has 5 nitrogen and oxygen atoms in total. The number of nitrogens with zero attached hydrogens (tertiary/aromatic N) is 3. The Balaban J connectivity index is 1.52. The molecular formula is C34H32FN3O2. The van der Waals surface area contributed by atoms with Gasteiger partial charge in [0, 0.05) is 6.54 Å². The molecule has 1 amide bonds. The summed E-state index contributed by atoms with van der Waals surface area (Å²) in [5, 5.41) is 0.509. The maximum Gasteiger partial charge on any atom is 0.266 e. The molecule has 1 aromatic heterocycles. The van der Waals surface area contributed by atoms with Crippen LogP contribution in [0.5, 0.6) is 0 Å². The van der Waals surface area contributed by atoms with Gasteiger partial charge in [-0.3, -0.25) is 14.2 Å². The van der Waals surface area contributed by atoms with Gasteiger partial charge >= 0.3 is 0 Å². The number of carbonyl (C=O) groups excluding carboxylic acids is 1. The van der Waals surface area contributed by atoms with Crippen molar-refractivity contribution in [3.8, 4) is 16.8 Å². The normalized spacial score (nSPS) is 11.9. The summed E-state index contributed by atoms with van der Waals surface area (Å²) in [4.78, 5) is 34.3. The van der Waals surface area contributed by atoms with E-state index in [0.29, 0.717) is 29.0 Å². The fourth-order valence-corrected chi connectivity index (χ4v) is 5.17. The quantitative estimate of drug-likeness (QED) is 0.215. The lowest BCUT2D eigenvalue weighted by molar-refractivity contribution is -0.132. The fraction of sp³-hybridized carbons (Fsp3) is 0.206. The second-order valence-corrected chi connectivity index (χ2v) is 10.1. The highest BCUT2D eigenvalue weighted by Crippen LogP contribution is 2.26. The van der Waals surface area contributed by atoms with Crippen molar-refractivity contribution in [3.63, 3.8) is 0 Å². The third kappa shape index (κ3) is 5.43. The highest BCUT2D eigenvalue weighted by molar-refractivity contribution is 5.82. The van der Waals surface area contributed by atoms with Crippen LogP contribution in [0.3, 0.4) is 0 Å². The molecule has 5 rings (SSSR count). The molecule has 0 saturated carbocycles. The zero-order valence-electron chi connectivity index (χ0n) is 23.0. The number of amides is 1. The van der Waals surface area contributed by atoms with Crippen molar-refractivity contribution in [2.24, 2.45) is 0 Å². The maximum absolute atomic E-state index is 13.9. The van der Waals surface area contributed by atoms with E-state index in [2.05, 4.69) is 12.1 Å². The number of fused-ring (bicyclic) bond motifs is 1. The van der Waals surface area contributed by atoms with Crippen molar-refractivity contribution in [1.82, 2.24) is 14.5 Å². The van der Waals surface area contributed by atoms with Crippen molar-refractivity contribution in [2.45, 2.75) is 39.7 Å². The summed E-state index contributed by atoms with van der Waals surface area (Å²) < 4.78 is 15.3. The Bertz CT molecular complexity index is 1690. The highest BCUT2D eigenvalue weighted by atomic mass is 19.1. The number of hydrogen-bond donors (Lipinski definition) is 0. The molecule has 5 aromatic rings. The van der Waals surface area contributed by atoms with E-state index in [4.69, 9.17) is 4.98 Å². The fourth-order valence-electron chi connectivity index (χ4n) is 5.17. The third-order valence-electron chi connectivity index (χ3n) is 7.26. The molecular weight excluding hydrogens is 501 g/mol. The minimum absolute atomic E-state index is 0.0499. The van der Waals surface area contributed by atoms with Crippen molar-refractivity contribution >= 4 is 16.8 Å². The number of aryl methyl sites for hydroxylation is 1. The van der Waals surface area contributed by atoms with Crippen LogP contribution < -0.4 is 5.56 Å². The summed E-state index contributed by atoms with van der Waals surface area (Å²) in [5.74, 6) is -0.000569. The Morgan fingerprint density at radius 2 is 1.57 bits per heavy atom. The third-order valence-corrected chi connectivity index (χ3v) is 7.26. The Morgan fingerprint density at radius 1 is 0.900 bits per heavy atom. The molecule has 0 aliphatic heterocycles. The number of aromatic nitrogens is 2. The van der Waals surface area contributed by atoms with Crippen molar-refractivity contribution in [1.29, 1.82) is 0 Å². The Labute approximate surface area is 233 Å². The van der Waals surface area contributed by atoms with Crippen LogP contribution in [0.1, 0.15) is 43.3 Å². The summed E-state index contributed by atoms with van der Waals surface area (Å²) in [7, 11) is 0. The minimum Gasteiger partial charge on any atom is -0.332 e. The second-order valence-electron chi connectivity index (χ2n) is 10.1. The van der Waals surface area contributed by atoms with Gasteiger partial charge in [0.05, 0.1) is 29.1 Å². The van der Waals surface area contributed by atoms with E-state index in [1.165, 1.54) is 16.7 Å². The van der Waals surface area contributed by atoms with Gasteiger partial charge in [0.15, 0.2) is 0 Å². The van der Waals surface area contributed by atoms with Gasteiger partial charge < -0.3 is 4.90 Å². The lowest BCUT2D eigenvalue weighted by Crippen LogP contribution is -2.38. The molecule has 1 atom stereocenters. The van der Waals surface area contributed by atoms with Crippen LogP contribution in [-0.2, 0) is 11.2 Å². The van der Waals surface area contributed by atoms with Crippen LogP contribution in [0.25, 0.3) is 27.7 Å². The number of rotatable bonds is 8. The van der Waals surface area contributed by atoms with E-state index in [1.807, 2.05) is 81.4 Å². The summed E-state index contributed by atoms with van der Waals surface area (Å²) >= 11 is 0. The van der Waals surface area contributed by atoms with Gasteiger partial charge in [-0.25, -0.2) is 9.37 Å². The lowest BCUT2D eigenvalue weighted by atomic mass is 10.0. The standard InChI is InChI=1S/C34H32FN3O2/c1-4-21-37(31(39)22-25-13-15-27(16-14-25)26-10-6-5-7-11-26)24(3)33-36-30-12-8-9-23(2)32(30)34(40)38(33)29-19-17-28(35)18-20-29/h5-20,24H,4,21-22H2,1-3H3. The predicted molar refractivity (Wildman–Crippen MR) is 158 cm³/mol. The molecule has 0 N–H and O–H groups in total. The predicted octanol–water partition coefficient (Wildman–Crippen LogP) is 7.04. The van der Waals surface area contributed by atoms with Crippen LogP contribution in [0, 0.1) is 12.7 Å². The molecule has 0 aliphatic rings. The molecule has 0 spiro atoms. The molecule has 202 valence electrons. The maximum atomic E-state index is 13.9. The average Bonchev–Trinajstić information content (AvgIpc) is 2.97. The van der Waals surface area contributed by atoms with Crippen LogP contribution in [-0.4, -0.2) is 26.9 Å². The first-order chi connectivity index (χ1) is 19.4. The zero-order chi connectivity index (χ0) is 28.2. The largest absolute Gasteiger partial charge is 0.332 e. The molecule has 0 fully saturated rings. The Kier molecular flexibility index (Phi) is 7.87. The smallest absolute Gasteiger partial charge is 0.266 e. The average molecular weight is 534 g/mol. The molecule has 0 radical (unpaired) electrons. The van der Waals surface area contributed by atoms with E-state index in [-0.39, 0.29) is 17.9 Å². The summed E-state index contributed by atoms with van der Waals surface area (Å²) in [6, 6.07) is 29.0. The van der Waals surface area contributed by atoms with Gasteiger partial charge in [0.1, 0.15) is 11.6 Å². The zero-order valence-corrected chi connectivity index (χ0v) is 23.0. The van der Waals surface area contributed by atoms with Gasteiger partial charge in [0.2, 0.25) is 5.91 Å². The minimum atomic E-state index is -0.501. The van der Waals surface area contributed by atoms with Gasteiger partial charge in [-0.1, -0.05) is 73.7 Å². The first kappa shape index (κ1) is 27.0. The van der Waals surface area contributed by atoms with Crippen LogP contribution >= 0.6 is 0 Å². The summed E-state index contributed by atoms with van der Waals surface area (Å²) in [6.45, 7) is 6.30. The van der Waals surface area contributed by atoms with E-state index >= 15 is 0 Å². The molecule has 1 unspecified atom stereocenters. The number of hydrogen-bond acceptors (Lipinski definition) is 3. The van der Waals surface area contributed by atoms with E-state index in [1.54, 1.807) is 17.0 Å². The van der Waals surface area contributed by atoms with E-state index in [0.717, 1.165) is 28.7 Å². The number of benzene rings is 4. The number of halogens is 1. The highest BCUT2D eigenvalue weighted by Gasteiger charge is 2.27. The molecule has 4 aromatic carbocycles. The topological polar surface area (TPSA) is 55.2 Å². The van der Waals surface area contributed by atoms with Gasteiger partial charge in [0.25, 0.3) is 5.56 Å². The lowest BCUT2D eigenvalue weighted by Gasteiger charge is -2.30. The number of carbonyl (C=O) groups is 1. The summed E-state index contributed by atoms with van der Waals surface area (Å²) in [5.41, 5.74) is 4.78. The molecule has 6 heteroatoms. The van der Waals surface area contributed by atoms with Gasteiger partial charge in [-0.15, -0.1) is 0 Å². The van der Waals surface area contributed by atoms with Crippen molar-refractivity contribution in [3.05, 3.63) is 130 Å². The SMILES string of the molecule is CCCN(C(=O)Cc1ccc(-c2ccccc2)cc1)C(C)c1nc2cccc(C)c2c(=O)n1-c1ccc(F)cc1.